The van der Waals surface area contributed by atoms with Crippen LogP contribution < -0.4 is 3.89 Å². The molecule has 0 aliphatic rings. The Morgan fingerprint density at radius 1 is 1.14 bits per heavy atom. The van der Waals surface area contributed by atoms with E-state index < -0.39 is 19.1 Å². The highest BCUT2D eigenvalue weighted by Gasteiger charge is 2.42. The molecule has 0 aliphatic heterocycles. The third kappa shape index (κ3) is 4.91. The van der Waals surface area contributed by atoms with Gasteiger partial charge >= 0.3 is 10.3 Å². The van der Waals surface area contributed by atoms with Gasteiger partial charge in [0.1, 0.15) is 17.6 Å². The summed E-state index contributed by atoms with van der Waals surface area (Å²) < 4.78 is 33.5. The van der Waals surface area contributed by atoms with E-state index in [1.807, 2.05) is 0 Å². The molecule has 0 radical (unpaired) electrons. The van der Waals surface area contributed by atoms with E-state index in [1.165, 1.54) is 30.3 Å². The molecule has 2 rings (SSSR count). The number of aromatic nitrogens is 1. The zero-order chi connectivity index (χ0) is 21.7. The van der Waals surface area contributed by atoms with Crippen LogP contribution in [0.25, 0.3) is 0 Å². The lowest BCUT2D eigenvalue weighted by Gasteiger charge is -2.33. The molecule has 0 amide bonds. The first-order valence-electron chi connectivity index (χ1n) is 8.85. The third-order valence-electron chi connectivity index (χ3n) is 4.24. The van der Waals surface area contributed by atoms with Gasteiger partial charge in [0.15, 0.2) is 11.5 Å². The maximum absolute atomic E-state index is 12.2. The molecule has 2 N–H and O–H groups in total. The normalized spacial score (nSPS) is 12.4. The number of hydrogen-bond acceptors (Lipinski definition) is 8. The minimum Gasteiger partial charge on any atom is -0.505 e. The average Bonchev–Trinajstić information content (AvgIpc) is 2.66. The lowest BCUT2D eigenvalue weighted by molar-refractivity contribution is -0.385. The van der Waals surface area contributed by atoms with E-state index in [9.17, 15) is 28.2 Å². The maximum Gasteiger partial charge on any atom is 0.437 e. The van der Waals surface area contributed by atoms with Crippen LogP contribution in [0.5, 0.6) is 5.75 Å². The van der Waals surface area contributed by atoms with E-state index >= 15 is 0 Å². The van der Waals surface area contributed by atoms with Crippen molar-refractivity contribution in [2.45, 2.75) is 26.7 Å². The van der Waals surface area contributed by atoms with Crippen LogP contribution in [0.2, 0.25) is 0 Å². The smallest absolute Gasteiger partial charge is 0.437 e. The third-order valence-corrected chi connectivity index (χ3v) is 5.70. The minimum absolute atomic E-state index is 0.0512. The molecule has 12 heteroatoms. The number of nitrogens with zero attached hydrogens (tertiary/aromatic N) is 5. The van der Waals surface area contributed by atoms with Crippen LogP contribution in [-0.2, 0) is 10.3 Å². The van der Waals surface area contributed by atoms with Gasteiger partial charge in [-0.15, -0.1) is 18.6 Å². The summed E-state index contributed by atoms with van der Waals surface area (Å²) >= 11 is 0. The molecule has 0 bridgehead atoms. The van der Waals surface area contributed by atoms with Gasteiger partial charge < -0.3 is 5.11 Å². The topological polar surface area (TPSA) is 155 Å². The van der Waals surface area contributed by atoms with Crippen LogP contribution in [0.4, 0.5) is 22.9 Å². The van der Waals surface area contributed by atoms with Crippen molar-refractivity contribution < 1.29 is 23.0 Å². The Morgan fingerprint density at radius 2 is 1.79 bits per heavy atom. The molecule has 1 heterocycles. The van der Waals surface area contributed by atoms with Gasteiger partial charge in [0, 0.05) is 18.2 Å². The molecule has 0 saturated heterocycles. The van der Waals surface area contributed by atoms with E-state index in [1.54, 1.807) is 13.8 Å². The summed E-state index contributed by atoms with van der Waals surface area (Å²) in [5.74, 6) is -0.231. The summed E-state index contributed by atoms with van der Waals surface area (Å²) in [6.45, 7) is 3.88. The number of phenols is 1. The highest BCUT2D eigenvalue weighted by atomic mass is 32.2. The highest BCUT2D eigenvalue weighted by Crippen LogP contribution is 2.37. The minimum atomic E-state index is -4.49. The van der Waals surface area contributed by atoms with Crippen molar-refractivity contribution in [2.75, 3.05) is 13.1 Å². The predicted octanol–water partition coefficient (Wildman–Crippen LogP) is 4.04. The van der Waals surface area contributed by atoms with Crippen LogP contribution >= 0.6 is 0 Å². The van der Waals surface area contributed by atoms with E-state index in [2.05, 4.69) is 15.2 Å². The summed E-state index contributed by atoms with van der Waals surface area (Å²) in [5.41, 5.74) is 0.0683. The number of nitro groups is 1. The van der Waals surface area contributed by atoms with E-state index in [0.717, 1.165) is 6.20 Å². The maximum atomic E-state index is 12.2. The second-order valence-electron chi connectivity index (χ2n) is 6.29. The van der Waals surface area contributed by atoms with Crippen molar-refractivity contribution in [1.29, 1.82) is 0 Å². The Balaban J connectivity index is 2.38. The van der Waals surface area contributed by atoms with Crippen LogP contribution in [0, 0.1) is 10.1 Å². The zero-order valence-electron chi connectivity index (χ0n) is 16.0. The molecule has 0 unspecified atom stereocenters. The molecule has 29 heavy (non-hydrogen) atoms. The van der Waals surface area contributed by atoms with Crippen molar-refractivity contribution in [3.05, 3.63) is 46.6 Å². The Labute approximate surface area is 168 Å². The second-order valence-corrected chi connectivity index (χ2v) is 7.88. The molecule has 0 spiro atoms. The number of pyridine rings is 1. The molecule has 0 atom stereocenters. The fourth-order valence-electron chi connectivity index (χ4n) is 2.96. The van der Waals surface area contributed by atoms with Crippen molar-refractivity contribution in [2.24, 2.45) is 10.2 Å². The Morgan fingerprint density at radius 3 is 2.24 bits per heavy atom. The molecular formula is C17H22N5O6S+. The first kappa shape index (κ1) is 22.3. The van der Waals surface area contributed by atoms with Gasteiger partial charge in [-0.25, -0.2) is 9.54 Å². The predicted molar refractivity (Wildman–Crippen MR) is 107 cm³/mol. The lowest BCUT2D eigenvalue weighted by Crippen LogP contribution is -2.54. The lowest BCUT2D eigenvalue weighted by atomic mass is 10.2. The van der Waals surface area contributed by atoms with Gasteiger partial charge in [-0.1, -0.05) is 13.8 Å². The largest absolute Gasteiger partial charge is 0.505 e. The molecule has 1 aromatic carbocycles. The van der Waals surface area contributed by atoms with Gasteiger partial charge in [-0.3, -0.25) is 10.1 Å². The molecule has 0 aliphatic carbocycles. The summed E-state index contributed by atoms with van der Waals surface area (Å²) in [4.78, 5) is 13.8. The number of phenolic OH excluding ortho intramolecular Hbond substituents is 1. The standard InChI is InChI=1S/C17H21N5O6S/c1-3-9-22(10-4-2,29(26,27)28)14-6-7-15(16(23)11-14)19-20-17-8-5-13(12-18-17)21(24)25/h5-8,11-12H,3-4,9-10H2,1-2H3,(H-,18,20,23,26,27,28)/p+1. The van der Waals surface area contributed by atoms with Crippen molar-refractivity contribution in [1.82, 2.24) is 8.87 Å². The number of aromatic hydroxyl groups is 1. The molecular weight excluding hydrogens is 402 g/mol. The molecule has 2 aromatic rings. The van der Waals surface area contributed by atoms with E-state index in [0.29, 0.717) is 12.8 Å². The summed E-state index contributed by atoms with van der Waals surface area (Å²) in [7, 11) is -4.49. The van der Waals surface area contributed by atoms with Crippen LogP contribution in [0.1, 0.15) is 26.7 Å². The van der Waals surface area contributed by atoms with E-state index in [4.69, 9.17) is 0 Å². The zero-order valence-corrected chi connectivity index (χ0v) is 16.8. The van der Waals surface area contributed by atoms with Gasteiger partial charge in [-0.2, -0.15) is 3.89 Å². The molecule has 0 saturated carbocycles. The molecule has 0 fully saturated rings. The van der Waals surface area contributed by atoms with Crippen molar-refractivity contribution in [3.63, 3.8) is 0 Å². The van der Waals surface area contributed by atoms with Gasteiger partial charge in [0.05, 0.1) is 18.0 Å². The van der Waals surface area contributed by atoms with Gasteiger partial charge in [0.2, 0.25) is 0 Å². The van der Waals surface area contributed by atoms with Crippen LogP contribution in [-0.4, -0.2) is 41.1 Å². The van der Waals surface area contributed by atoms with Crippen LogP contribution in [0.3, 0.4) is 0 Å². The first-order valence-corrected chi connectivity index (χ1v) is 10.2. The number of quaternary nitrogens is 1. The Kier molecular flexibility index (Phi) is 6.95. The second kappa shape index (κ2) is 9.03. The summed E-state index contributed by atoms with van der Waals surface area (Å²) in [6.07, 6.45) is 2.02. The summed E-state index contributed by atoms with van der Waals surface area (Å²) in [5, 5.41) is 28.6. The molecule has 1 aromatic heterocycles. The first-order chi connectivity index (χ1) is 13.6. The SMILES string of the molecule is CCC[N+](CCC)(c1ccc(N=Nc2ccc([N+](=O)[O-])cn2)c(O)c1)S(=O)(=O)O. The van der Waals surface area contributed by atoms with Crippen LogP contribution in [0.15, 0.2) is 46.8 Å². The number of rotatable bonds is 9. The Hall–Kier alpha value is -2.96. The highest BCUT2D eigenvalue weighted by molar-refractivity contribution is 7.85. The van der Waals surface area contributed by atoms with Crippen molar-refractivity contribution in [3.8, 4) is 5.75 Å². The molecule has 11 nitrogen and oxygen atoms in total. The molecule has 156 valence electrons. The number of hydrogen-bond donors (Lipinski definition) is 2. The quantitative estimate of drug-likeness (QED) is 0.202. The summed E-state index contributed by atoms with van der Waals surface area (Å²) in [6, 6.07) is 6.59. The fraction of sp³-hybridized carbons (Fsp3) is 0.353. The monoisotopic (exact) mass is 424 g/mol. The number of azo groups is 1. The number of benzene rings is 1. The van der Waals surface area contributed by atoms with Gasteiger partial charge in [-0.05, 0) is 25.0 Å². The Bertz CT molecular complexity index is 1000. The fourth-order valence-corrected chi connectivity index (χ4v) is 4.16. The van der Waals surface area contributed by atoms with Gasteiger partial charge in [0.25, 0.3) is 5.69 Å². The van der Waals surface area contributed by atoms with Crippen molar-refractivity contribution >= 4 is 33.2 Å². The van der Waals surface area contributed by atoms with E-state index in [-0.39, 0.29) is 41.7 Å². The average molecular weight is 424 g/mol.